The van der Waals surface area contributed by atoms with E-state index in [9.17, 15) is 10.2 Å². The van der Waals surface area contributed by atoms with Gasteiger partial charge in [-0.2, -0.15) is 0 Å². The third-order valence-electron chi connectivity index (χ3n) is 6.97. The molecule has 0 aromatic heterocycles. The van der Waals surface area contributed by atoms with Crippen molar-refractivity contribution in [2.24, 2.45) is 11.8 Å². The number of unbranched alkanes of at least 4 members (excludes halogenated alkanes) is 2. The molecule has 0 bridgehead atoms. The van der Waals surface area contributed by atoms with Gasteiger partial charge in [-0.05, 0) is 43.8 Å². The summed E-state index contributed by atoms with van der Waals surface area (Å²) in [7, 11) is -1.70. The molecule has 2 unspecified atom stereocenters. The maximum atomic E-state index is 10.8. The summed E-state index contributed by atoms with van der Waals surface area (Å²) in [4.78, 5) is 0. The maximum Gasteiger partial charge on any atom is 0.192 e. The van der Waals surface area contributed by atoms with E-state index in [0.717, 1.165) is 50.2 Å². The molecule has 1 aliphatic carbocycles. The van der Waals surface area contributed by atoms with Crippen molar-refractivity contribution in [3.63, 3.8) is 0 Å². The van der Waals surface area contributed by atoms with Crippen molar-refractivity contribution in [1.29, 1.82) is 0 Å². The number of aliphatic hydroxyl groups is 2. The molecule has 1 saturated carbocycles. The zero-order chi connectivity index (χ0) is 20.1. The minimum Gasteiger partial charge on any atom is -0.413 e. The monoisotopic (exact) mass is 398 g/mol. The molecular formula is C22H42O4Si. The van der Waals surface area contributed by atoms with Gasteiger partial charge in [-0.1, -0.05) is 59.1 Å². The quantitative estimate of drug-likeness (QED) is 0.292. The highest BCUT2D eigenvalue weighted by molar-refractivity contribution is 6.73. The Morgan fingerprint density at radius 3 is 2.37 bits per heavy atom. The van der Waals surface area contributed by atoms with Gasteiger partial charge in [-0.25, -0.2) is 0 Å². The van der Waals surface area contributed by atoms with Crippen LogP contribution >= 0.6 is 0 Å². The van der Waals surface area contributed by atoms with Crippen molar-refractivity contribution in [2.75, 3.05) is 0 Å². The highest BCUT2D eigenvalue weighted by Crippen LogP contribution is 2.46. The first-order chi connectivity index (χ1) is 12.8. The van der Waals surface area contributed by atoms with Crippen LogP contribution in [0, 0.1) is 11.8 Å². The van der Waals surface area contributed by atoms with Crippen LogP contribution in [-0.2, 0) is 9.16 Å². The molecule has 4 nitrogen and oxygen atoms in total. The van der Waals surface area contributed by atoms with Gasteiger partial charge in [0.15, 0.2) is 14.6 Å². The van der Waals surface area contributed by atoms with Gasteiger partial charge >= 0.3 is 0 Å². The minimum absolute atomic E-state index is 0.0851. The Bertz CT molecular complexity index is 467. The lowest BCUT2D eigenvalue weighted by atomic mass is 9.89. The highest BCUT2D eigenvalue weighted by atomic mass is 28.4. The summed E-state index contributed by atoms with van der Waals surface area (Å²) in [6.45, 7) is 10.9. The lowest BCUT2D eigenvalue weighted by Gasteiger charge is -2.34. The minimum atomic E-state index is -1.70. The van der Waals surface area contributed by atoms with Gasteiger partial charge < -0.3 is 19.4 Å². The average Bonchev–Trinajstić information content (AvgIpc) is 3.13. The molecule has 2 N–H and O–H groups in total. The molecule has 2 aliphatic rings. The van der Waals surface area contributed by atoms with E-state index in [-0.39, 0.29) is 18.1 Å². The normalized spacial score (nSPS) is 33.5. The molecule has 1 aliphatic heterocycles. The largest absolute Gasteiger partial charge is 0.413 e. The van der Waals surface area contributed by atoms with Crippen molar-refractivity contribution >= 4 is 8.32 Å². The standard InChI is InChI=1S/C22H42O4Si/c1-6-10-11-13-22(5,24)14-12-17-18-15-21(23)25-19(18)16-20(17)26-27(7-2,8-3)9-4/h12,14,17-21,23-24H,6-11,13,15-16H2,1-5H3/b14-12+/t17-,18?,19+,20-,21?,22+/m1/s1. The smallest absolute Gasteiger partial charge is 0.192 e. The molecule has 158 valence electrons. The number of fused-ring (bicyclic) bond motifs is 1. The molecule has 0 aromatic carbocycles. The van der Waals surface area contributed by atoms with Crippen molar-refractivity contribution in [3.8, 4) is 0 Å². The van der Waals surface area contributed by atoms with Gasteiger partial charge in [0.2, 0.25) is 0 Å². The Balaban J connectivity index is 2.13. The van der Waals surface area contributed by atoms with Crippen LogP contribution in [-0.4, -0.2) is 42.6 Å². The Kier molecular flexibility index (Phi) is 8.56. The number of hydrogen-bond acceptors (Lipinski definition) is 4. The van der Waals surface area contributed by atoms with Gasteiger partial charge in [0, 0.05) is 12.3 Å². The summed E-state index contributed by atoms with van der Waals surface area (Å²) in [6.07, 6.45) is 9.46. The lowest BCUT2D eigenvalue weighted by Crippen LogP contribution is -2.41. The first-order valence-electron chi connectivity index (χ1n) is 11.2. The van der Waals surface area contributed by atoms with E-state index in [1.54, 1.807) is 0 Å². The lowest BCUT2D eigenvalue weighted by molar-refractivity contribution is -0.0945. The Morgan fingerprint density at radius 1 is 1.11 bits per heavy atom. The Hall–Kier alpha value is -0.203. The van der Waals surface area contributed by atoms with E-state index in [1.165, 1.54) is 0 Å². The summed E-state index contributed by atoms with van der Waals surface area (Å²) in [5.74, 6) is 0.520. The van der Waals surface area contributed by atoms with Crippen LogP contribution < -0.4 is 0 Å². The molecule has 5 heteroatoms. The molecular weight excluding hydrogens is 356 g/mol. The zero-order valence-corrected chi connectivity index (χ0v) is 19.1. The molecule has 27 heavy (non-hydrogen) atoms. The predicted octanol–water partition coefficient (Wildman–Crippen LogP) is 5.01. The van der Waals surface area contributed by atoms with Crippen molar-refractivity contribution in [2.45, 2.75) is 115 Å². The van der Waals surface area contributed by atoms with Gasteiger partial charge in [0.05, 0.1) is 17.8 Å². The third kappa shape index (κ3) is 5.89. The molecule has 1 heterocycles. The van der Waals surface area contributed by atoms with Crippen LogP contribution in [0.1, 0.15) is 73.1 Å². The SMILES string of the molecule is CCCCC[C@](C)(O)/C=C/[C@@H]1C2CC(O)O[C@H]2C[C@H]1O[Si](CC)(CC)CC. The fourth-order valence-electron chi connectivity index (χ4n) is 4.89. The molecule has 0 aromatic rings. The number of rotatable bonds is 11. The highest BCUT2D eigenvalue weighted by Gasteiger charge is 2.50. The average molecular weight is 399 g/mol. The zero-order valence-electron chi connectivity index (χ0n) is 18.1. The fourth-order valence-corrected chi connectivity index (χ4v) is 7.78. The van der Waals surface area contributed by atoms with E-state index >= 15 is 0 Å². The molecule has 0 spiro atoms. The second kappa shape index (κ2) is 10.0. The molecule has 2 fully saturated rings. The van der Waals surface area contributed by atoms with E-state index in [2.05, 4.69) is 33.8 Å². The predicted molar refractivity (Wildman–Crippen MR) is 113 cm³/mol. The summed E-state index contributed by atoms with van der Waals surface area (Å²) in [6, 6.07) is 3.42. The number of aliphatic hydroxyl groups excluding tert-OH is 1. The van der Waals surface area contributed by atoms with Crippen molar-refractivity contribution in [1.82, 2.24) is 0 Å². The van der Waals surface area contributed by atoms with Crippen LogP contribution in [0.3, 0.4) is 0 Å². The number of hydrogen-bond donors (Lipinski definition) is 2. The molecule has 2 rings (SSSR count). The summed E-state index contributed by atoms with van der Waals surface area (Å²) >= 11 is 0. The molecule has 0 amide bonds. The van der Waals surface area contributed by atoms with Crippen LogP contribution in [0.5, 0.6) is 0 Å². The van der Waals surface area contributed by atoms with Gasteiger partial charge in [-0.15, -0.1) is 0 Å². The summed E-state index contributed by atoms with van der Waals surface area (Å²) in [5.41, 5.74) is -0.773. The van der Waals surface area contributed by atoms with Crippen LogP contribution in [0.25, 0.3) is 0 Å². The van der Waals surface area contributed by atoms with Crippen LogP contribution in [0.2, 0.25) is 18.1 Å². The van der Waals surface area contributed by atoms with E-state index in [4.69, 9.17) is 9.16 Å². The Morgan fingerprint density at radius 2 is 1.78 bits per heavy atom. The van der Waals surface area contributed by atoms with E-state index < -0.39 is 20.2 Å². The topological polar surface area (TPSA) is 58.9 Å². The third-order valence-corrected chi connectivity index (χ3v) is 11.6. The summed E-state index contributed by atoms with van der Waals surface area (Å²) < 4.78 is 12.6. The first kappa shape index (κ1) is 23.1. The van der Waals surface area contributed by atoms with Crippen LogP contribution in [0.4, 0.5) is 0 Å². The Labute approximate surface area is 167 Å². The maximum absolute atomic E-state index is 10.8. The van der Waals surface area contributed by atoms with E-state index in [0.29, 0.717) is 12.3 Å². The van der Waals surface area contributed by atoms with Crippen LogP contribution in [0.15, 0.2) is 12.2 Å². The summed E-state index contributed by atoms with van der Waals surface area (Å²) in [5, 5.41) is 20.7. The van der Waals surface area contributed by atoms with Crippen molar-refractivity contribution < 1.29 is 19.4 Å². The fraction of sp³-hybridized carbons (Fsp3) is 0.909. The van der Waals surface area contributed by atoms with Gasteiger partial charge in [0.1, 0.15) is 0 Å². The second-order valence-electron chi connectivity index (χ2n) is 8.92. The van der Waals surface area contributed by atoms with E-state index in [1.807, 2.05) is 13.0 Å². The number of ether oxygens (including phenoxy) is 1. The van der Waals surface area contributed by atoms with Gasteiger partial charge in [0.25, 0.3) is 0 Å². The second-order valence-corrected chi connectivity index (χ2v) is 13.6. The van der Waals surface area contributed by atoms with Gasteiger partial charge in [-0.3, -0.25) is 0 Å². The first-order valence-corrected chi connectivity index (χ1v) is 13.8. The molecule has 1 saturated heterocycles. The molecule has 0 radical (unpaired) electrons. The molecule has 6 atom stereocenters. The van der Waals surface area contributed by atoms with Crippen molar-refractivity contribution in [3.05, 3.63) is 12.2 Å².